The molecule has 0 bridgehead atoms. The monoisotopic (exact) mass is 324 g/mol. The lowest BCUT2D eigenvalue weighted by Crippen LogP contribution is -2.29. The van der Waals surface area contributed by atoms with E-state index in [0.717, 1.165) is 29.1 Å². The summed E-state index contributed by atoms with van der Waals surface area (Å²) < 4.78 is 0. The minimum atomic E-state index is 0.0414. The second-order valence-corrected chi connectivity index (χ2v) is 7.73. The molecule has 2 atom stereocenters. The van der Waals surface area contributed by atoms with E-state index < -0.39 is 0 Å². The van der Waals surface area contributed by atoms with Crippen LogP contribution in [0.3, 0.4) is 0 Å². The molecule has 0 amide bonds. The minimum Gasteiger partial charge on any atom is -0.377 e. The molecule has 2 heterocycles. The second-order valence-electron chi connectivity index (χ2n) is 6.41. The molecule has 1 aliphatic carbocycles. The van der Waals surface area contributed by atoms with Gasteiger partial charge in [-0.25, -0.2) is 0 Å². The quantitative estimate of drug-likeness (QED) is 0.800. The number of allylic oxidation sites excluding steroid dienone is 1. The molecule has 2 aromatic rings. The van der Waals surface area contributed by atoms with Crippen LogP contribution in [0.15, 0.2) is 47.7 Å². The lowest BCUT2D eigenvalue weighted by molar-refractivity contribution is -0.116. The second kappa shape index (κ2) is 5.53. The van der Waals surface area contributed by atoms with Gasteiger partial charge in [0.05, 0.1) is 17.4 Å². The number of thiophene rings is 1. The number of hydrogen-bond acceptors (Lipinski definition) is 4. The molecule has 2 N–H and O–H groups in total. The van der Waals surface area contributed by atoms with Crippen LogP contribution in [0.2, 0.25) is 0 Å². The van der Waals surface area contributed by atoms with Crippen LogP contribution in [0.4, 0.5) is 11.4 Å². The Morgan fingerprint density at radius 2 is 1.87 bits per heavy atom. The highest BCUT2D eigenvalue weighted by atomic mass is 32.1. The Bertz CT molecular complexity index is 805. The highest BCUT2D eigenvalue weighted by molar-refractivity contribution is 7.12. The maximum absolute atomic E-state index is 12.8. The van der Waals surface area contributed by atoms with Crippen LogP contribution in [-0.2, 0) is 4.79 Å². The lowest BCUT2D eigenvalue weighted by Gasteiger charge is -2.27. The van der Waals surface area contributed by atoms with Gasteiger partial charge in [0.15, 0.2) is 5.78 Å². The molecule has 4 heteroatoms. The molecule has 4 rings (SSSR count). The molecule has 23 heavy (non-hydrogen) atoms. The average molecular weight is 324 g/mol. The number of nitrogens with one attached hydrogen (secondary N) is 2. The molecule has 1 aliphatic heterocycles. The van der Waals surface area contributed by atoms with Crippen LogP contribution in [0.1, 0.15) is 35.4 Å². The van der Waals surface area contributed by atoms with Gasteiger partial charge in [0.1, 0.15) is 0 Å². The molecular formula is C19H20N2OS. The number of benzene rings is 1. The van der Waals surface area contributed by atoms with Gasteiger partial charge < -0.3 is 10.6 Å². The summed E-state index contributed by atoms with van der Waals surface area (Å²) in [6.45, 7) is 4.20. The normalized spacial score (nSPS) is 23.5. The third-order valence-corrected chi connectivity index (χ3v) is 5.85. The molecule has 0 radical (unpaired) electrons. The van der Waals surface area contributed by atoms with E-state index in [0.29, 0.717) is 12.3 Å². The van der Waals surface area contributed by atoms with Crippen molar-refractivity contribution < 1.29 is 4.79 Å². The number of aryl methyl sites for hydroxylation is 1. The summed E-state index contributed by atoms with van der Waals surface area (Å²) in [6, 6.07) is 12.5. The fourth-order valence-electron chi connectivity index (χ4n) is 3.61. The highest BCUT2D eigenvalue weighted by Gasteiger charge is 2.33. The maximum Gasteiger partial charge on any atom is 0.163 e. The Morgan fingerprint density at radius 3 is 2.61 bits per heavy atom. The lowest BCUT2D eigenvalue weighted by atomic mass is 9.83. The topological polar surface area (TPSA) is 41.1 Å². The first-order chi connectivity index (χ1) is 11.1. The van der Waals surface area contributed by atoms with E-state index in [4.69, 9.17) is 0 Å². The molecule has 1 aromatic carbocycles. The van der Waals surface area contributed by atoms with Gasteiger partial charge in [-0.05, 0) is 44.5 Å². The van der Waals surface area contributed by atoms with Gasteiger partial charge in [-0.3, -0.25) is 4.79 Å². The van der Waals surface area contributed by atoms with Crippen molar-refractivity contribution in [2.24, 2.45) is 0 Å². The van der Waals surface area contributed by atoms with Gasteiger partial charge in [-0.2, -0.15) is 0 Å². The maximum atomic E-state index is 12.8. The van der Waals surface area contributed by atoms with Crippen molar-refractivity contribution in [3.8, 4) is 0 Å². The zero-order chi connectivity index (χ0) is 16.0. The number of para-hydroxylation sites is 2. The Morgan fingerprint density at radius 1 is 1.09 bits per heavy atom. The molecule has 0 unspecified atom stereocenters. The fourth-order valence-corrected chi connectivity index (χ4v) is 4.59. The summed E-state index contributed by atoms with van der Waals surface area (Å²) in [5.74, 6) is 0.563. The number of hydrogen-bond donors (Lipinski definition) is 2. The predicted octanol–water partition coefficient (Wildman–Crippen LogP) is 4.68. The number of fused-ring (bicyclic) bond motifs is 1. The molecule has 1 aromatic heterocycles. The summed E-state index contributed by atoms with van der Waals surface area (Å²) in [7, 11) is 0. The standard InChI is InChI=1S/C19H20N2OS/c1-11-7-8-18(23-11)13-9-16-19(17(22)10-13)12(2)20-14-5-3-4-6-15(14)21-16/h3-8,12-13,20-21H,9-10H2,1-2H3/t12-,13-/m0/s1. The number of carbonyl (C=O) groups is 1. The van der Waals surface area contributed by atoms with Crippen molar-refractivity contribution in [2.45, 2.75) is 38.6 Å². The first-order valence-corrected chi connectivity index (χ1v) is 8.88. The average Bonchev–Trinajstić information content (AvgIpc) is 2.88. The van der Waals surface area contributed by atoms with E-state index in [2.05, 4.69) is 48.7 Å². The van der Waals surface area contributed by atoms with Crippen molar-refractivity contribution in [1.29, 1.82) is 0 Å². The zero-order valence-corrected chi connectivity index (χ0v) is 14.2. The predicted molar refractivity (Wildman–Crippen MR) is 96.2 cm³/mol. The summed E-state index contributed by atoms with van der Waals surface area (Å²) in [6.07, 6.45) is 1.52. The molecule has 3 nitrogen and oxygen atoms in total. The van der Waals surface area contributed by atoms with Crippen molar-refractivity contribution >= 4 is 28.5 Å². The first-order valence-electron chi connectivity index (χ1n) is 8.07. The Kier molecular flexibility index (Phi) is 3.49. The van der Waals surface area contributed by atoms with Crippen LogP contribution in [0, 0.1) is 6.92 Å². The molecule has 0 saturated heterocycles. The largest absolute Gasteiger partial charge is 0.377 e. The third-order valence-electron chi connectivity index (χ3n) is 4.69. The molecule has 0 spiro atoms. The first kappa shape index (κ1) is 14.5. The van der Waals surface area contributed by atoms with Crippen LogP contribution in [-0.4, -0.2) is 11.8 Å². The summed E-state index contributed by atoms with van der Waals surface area (Å²) in [4.78, 5) is 15.4. The van der Waals surface area contributed by atoms with Gasteiger partial charge >= 0.3 is 0 Å². The number of rotatable bonds is 1. The Balaban J connectivity index is 1.72. The van der Waals surface area contributed by atoms with Crippen molar-refractivity contribution in [1.82, 2.24) is 0 Å². The summed E-state index contributed by atoms with van der Waals surface area (Å²) in [5.41, 5.74) is 4.12. The number of carbonyl (C=O) groups excluding carboxylic acids is 1. The van der Waals surface area contributed by atoms with Crippen molar-refractivity contribution in [2.75, 3.05) is 10.6 Å². The molecular weight excluding hydrogens is 304 g/mol. The van der Waals surface area contributed by atoms with Gasteiger partial charge in [-0.15, -0.1) is 11.3 Å². The minimum absolute atomic E-state index is 0.0414. The van der Waals surface area contributed by atoms with Crippen LogP contribution >= 0.6 is 11.3 Å². The van der Waals surface area contributed by atoms with E-state index in [1.807, 2.05) is 23.5 Å². The van der Waals surface area contributed by atoms with E-state index in [1.165, 1.54) is 9.75 Å². The van der Waals surface area contributed by atoms with E-state index in [9.17, 15) is 4.79 Å². The Labute approximate surface area is 140 Å². The van der Waals surface area contributed by atoms with Gasteiger partial charge in [-0.1, -0.05) is 12.1 Å². The summed E-state index contributed by atoms with van der Waals surface area (Å²) in [5, 5.41) is 7.00. The van der Waals surface area contributed by atoms with E-state index in [-0.39, 0.29) is 11.8 Å². The van der Waals surface area contributed by atoms with E-state index in [1.54, 1.807) is 0 Å². The van der Waals surface area contributed by atoms with Crippen LogP contribution < -0.4 is 10.6 Å². The highest BCUT2D eigenvalue weighted by Crippen LogP contribution is 2.41. The number of anilines is 2. The molecule has 2 aliphatic rings. The van der Waals surface area contributed by atoms with Crippen LogP contribution in [0.25, 0.3) is 0 Å². The summed E-state index contributed by atoms with van der Waals surface area (Å²) >= 11 is 1.81. The van der Waals surface area contributed by atoms with Crippen molar-refractivity contribution in [3.63, 3.8) is 0 Å². The molecule has 0 saturated carbocycles. The smallest absolute Gasteiger partial charge is 0.163 e. The van der Waals surface area contributed by atoms with Gasteiger partial charge in [0, 0.05) is 33.4 Å². The third kappa shape index (κ3) is 2.57. The Hall–Kier alpha value is -2.07. The van der Waals surface area contributed by atoms with E-state index >= 15 is 0 Å². The molecule has 0 fully saturated rings. The fraction of sp³-hybridized carbons (Fsp3) is 0.316. The zero-order valence-electron chi connectivity index (χ0n) is 13.3. The molecule has 118 valence electrons. The van der Waals surface area contributed by atoms with Gasteiger partial charge in [0.2, 0.25) is 0 Å². The van der Waals surface area contributed by atoms with Crippen LogP contribution in [0.5, 0.6) is 0 Å². The SMILES string of the molecule is Cc1ccc([C@@H]2CC(=O)C3=C(C2)Nc2ccccc2N[C@H]3C)s1. The van der Waals surface area contributed by atoms with Crippen molar-refractivity contribution in [3.05, 3.63) is 57.4 Å². The van der Waals surface area contributed by atoms with Gasteiger partial charge in [0.25, 0.3) is 0 Å². The number of ketones is 1. The number of Topliss-reactive ketones (excluding diaryl/α,β-unsaturated/α-hetero) is 1.